The summed E-state index contributed by atoms with van der Waals surface area (Å²) in [5.41, 5.74) is 0.943. The minimum absolute atomic E-state index is 0.0475. The molecule has 0 atom stereocenters. The summed E-state index contributed by atoms with van der Waals surface area (Å²) in [6.07, 6.45) is 2.62. The van der Waals surface area contributed by atoms with E-state index in [0.29, 0.717) is 13.1 Å². The second-order valence-electron chi connectivity index (χ2n) is 4.21. The predicted molar refractivity (Wildman–Crippen MR) is 64.3 cm³/mol. The lowest BCUT2D eigenvalue weighted by Gasteiger charge is -2.04. The maximum atomic E-state index is 11.4. The normalized spacial score (nSPS) is 15.1. The Kier molecular flexibility index (Phi) is 3.90. The molecule has 1 aromatic heterocycles. The molecule has 5 heteroatoms. The molecule has 0 unspecified atom stereocenters. The Morgan fingerprint density at radius 3 is 3.06 bits per heavy atom. The fourth-order valence-electron chi connectivity index (χ4n) is 1.45. The van der Waals surface area contributed by atoms with Crippen molar-refractivity contribution in [2.75, 3.05) is 13.1 Å². The van der Waals surface area contributed by atoms with E-state index >= 15 is 0 Å². The van der Waals surface area contributed by atoms with Crippen LogP contribution in [0, 0.1) is 12.8 Å². The molecule has 1 saturated carbocycles. The zero-order valence-corrected chi connectivity index (χ0v) is 10.3. The van der Waals surface area contributed by atoms with Gasteiger partial charge in [-0.1, -0.05) is 0 Å². The van der Waals surface area contributed by atoms with Crippen LogP contribution in [0.15, 0.2) is 5.38 Å². The second kappa shape index (κ2) is 5.41. The highest BCUT2D eigenvalue weighted by molar-refractivity contribution is 7.09. The van der Waals surface area contributed by atoms with Gasteiger partial charge >= 0.3 is 0 Å². The number of aryl methyl sites for hydroxylation is 1. The van der Waals surface area contributed by atoms with Crippen LogP contribution in [0.3, 0.4) is 0 Å². The van der Waals surface area contributed by atoms with Crippen LogP contribution in [0.4, 0.5) is 0 Å². The van der Waals surface area contributed by atoms with E-state index in [0.717, 1.165) is 23.2 Å². The number of carbonyl (C=O) groups is 1. The van der Waals surface area contributed by atoms with Crippen LogP contribution in [0.2, 0.25) is 0 Å². The van der Waals surface area contributed by atoms with Gasteiger partial charge in [-0.15, -0.1) is 11.3 Å². The molecule has 1 aliphatic rings. The summed E-state index contributed by atoms with van der Waals surface area (Å²) in [5, 5.41) is 9.03. The van der Waals surface area contributed by atoms with Crippen LogP contribution < -0.4 is 10.6 Å². The number of aromatic nitrogens is 1. The minimum atomic E-state index is 0.0475. The van der Waals surface area contributed by atoms with Crippen molar-refractivity contribution in [2.45, 2.75) is 26.3 Å². The monoisotopic (exact) mass is 239 g/mol. The summed E-state index contributed by atoms with van der Waals surface area (Å²) in [6.45, 7) is 3.89. The van der Waals surface area contributed by atoms with Crippen LogP contribution in [-0.4, -0.2) is 24.0 Å². The molecule has 1 aliphatic carbocycles. The smallest absolute Gasteiger partial charge is 0.234 e. The number of hydrogen-bond donors (Lipinski definition) is 2. The maximum Gasteiger partial charge on any atom is 0.234 e. The SMILES string of the molecule is Cc1nc(CNC(=O)CNCC2CC2)cs1. The van der Waals surface area contributed by atoms with Crippen molar-refractivity contribution in [2.24, 2.45) is 5.92 Å². The highest BCUT2D eigenvalue weighted by atomic mass is 32.1. The number of rotatable bonds is 6. The fraction of sp³-hybridized carbons (Fsp3) is 0.636. The van der Waals surface area contributed by atoms with Gasteiger partial charge in [0.25, 0.3) is 0 Å². The predicted octanol–water partition coefficient (Wildman–Crippen LogP) is 1.07. The Bertz CT molecular complexity index is 360. The van der Waals surface area contributed by atoms with E-state index in [1.165, 1.54) is 12.8 Å². The molecule has 0 bridgehead atoms. The van der Waals surface area contributed by atoms with Crippen molar-refractivity contribution in [3.63, 3.8) is 0 Å². The third-order valence-electron chi connectivity index (χ3n) is 2.55. The Labute approximate surface area is 99.5 Å². The fourth-order valence-corrected chi connectivity index (χ4v) is 2.07. The van der Waals surface area contributed by atoms with Crippen molar-refractivity contribution in [3.8, 4) is 0 Å². The molecule has 1 heterocycles. The first-order valence-corrected chi connectivity index (χ1v) is 6.50. The number of hydrogen-bond acceptors (Lipinski definition) is 4. The first-order chi connectivity index (χ1) is 7.74. The van der Waals surface area contributed by atoms with Gasteiger partial charge in [0, 0.05) is 5.38 Å². The molecular formula is C11H17N3OS. The number of carbonyl (C=O) groups excluding carboxylic acids is 1. The van der Waals surface area contributed by atoms with Crippen molar-refractivity contribution >= 4 is 17.2 Å². The van der Waals surface area contributed by atoms with E-state index < -0.39 is 0 Å². The Morgan fingerprint density at radius 2 is 2.44 bits per heavy atom. The lowest BCUT2D eigenvalue weighted by atomic mass is 10.4. The zero-order chi connectivity index (χ0) is 11.4. The standard InChI is InChI=1S/C11H17N3OS/c1-8-14-10(7-16-8)5-13-11(15)6-12-4-9-2-3-9/h7,9,12H,2-6H2,1H3,(H,13,15). The van der Waals surface area contributed by atoms with E-state index in [1.54, 1.807) is 11.3 Å². The van der Waals surface area contributed by atoms with Gasteiger partial charge < -0.3 is 10.6 Å². The summed E-state index contributed by atoms with van der Waals surface area (Å²) >= 11 is 1.61. The molecule has 0 spiro atoms. The molecule has 4 nitrogen and oxygen atoms in total. The quantitative estimate of drug-likeness (QED) is 0.780. The first kappa shape index (κ1) is 11.5. The lowest BCUT2D eigenvalue weighted by Crippen LogP contribution is -2.34. The molecule has 16 heavy (non-hydrogen) atoms. The lowest BCUT2D eigenvalue weighted by molar-refractivity contribution is -0.120. The highest BCUT2D eigenvalue weighted by Crippen LogP contribution is 2.27. The van der Waals surface area contributed by atoms with Crippen LogP contribution in [0.25, 0.3) is 0 Å². The van der Waals surface area contributed by atoms with Crippen LogP contribution in [0.1, 0.15) is 23.5 Å². The maximum absolute atomic E-state index is 11.4. The van der Waals surface area contributed by atoms with Gasteiger partial charge in [0.1, 0.15) is 0 Å². The van der Waals surface area contributed by atoms with Crippen LogP contribution in [0.5, 0.6) is 0 Å². The Hall–Kier alpha value is -0.940. The molecule has 1 amide bonds. The molecule has 0 aliphatic heterocycles. The average Bonchev–Trinajstić information content (AvgIpc) is 2.98. The average molecular weight is 239 g/mol. The second-order valence-corrected chi connectivity index (χ2v) is 5.27. The summed E-state index contributed by atoms with van der Waals surface area (Å²) in [7, 11) is 0. The van der Waals surface area contributed by atoms with Crippen molar-refractivity contribution < 1.29 is 4.79 Å². The van der Waals surface area contributed by atoms with Gasteiger partial charge in [-0.05, 0) is 32.2 Å². The third-order valence-corrected chi connectivity index (χ3v) is 3.37. The molecule has 1 aromatic rings. The van der Waals surface area contributed by atoms with E-state index in [4.69, 9.17) is 0 Å². The van der Waals surface area contributed by atoms with Crippen molar-refractivity contribution in [1.29, 1.82) is 0 Å². The van der Waals surface area contributed by atoms with E-state index in [2.05, 4.69) is 15.6 Å². The zero-order valence-electron chi connectivity index (χ0n) is 9.45. The molecule has 0 radical (unpaired) electrons. The molecule has 2 N–H and O–H groups in total. The van der Waals surface area contributed by atoms with E-state index in [1.807, 2.05) is 12.3 Å². The summed E-state index contributed by atoms with van der Waals surface area (Å²) in [6, 6.07) is 0. The highest BCUT2D eigenvalue weighted by Gasteiger charge is 2.20. The Morgan fingerprint density at radius 1 is 1.62 bits per heavy atom. The third kappa shape index (κ3) is 3.90. The summed E-state index contributed by atoms with van der Waals surface area (Å²) in [5.74, 6) is 0.861. The van der Waals surface area contributed by atoms with Gasteiger partial charge in [0.05, 0.1) is 23.8 Å². The number of nitrogens with zero attached hydrogens (tertiary/aromatic N) is 1. The number of amides is 1. The Balaban J connectivity index is 1.59. The molecule has 0 aromatic carbocycles. The number of thiazole rings is 1. The van der Waals surface area contributed by atoms with Gasteiger partial charge in [0.15, 0.2) is 0 Å². The topological polar surface area (TPSA) is 54.0 Å². The van der Waals surface area contributed by atoms with Crippen LogP contribution in [-0.2, 0) is 11.3 Å². The van der Waals surface area contributed by atoms with Crippen molar-refractivity contribution in [3.05, 3.63) is 16.1 Å². The largest absolute Gasteiger partial charge is 0.349 e. The van der Waals surface area contributed by atoms with Gasteiger partial charge in [0.2, 0.25) is 5.91 Å². The van der Waals surface area contributed by atoms with Crippen molar-refractivity contribution in [1.82, 2.24) is 15.6 Å². The van der Waals surface area contributed by atoms with Crippen LogP contribution >= 0.6 is 11.3 Å². The first-order valence-electron chi connectivity index (χ1n) is 5.62. The van der Waals surface area contributed by atoms with E-state index in [9.17, 15) is 4.79 Å². The molecule has 88 valence electrons. The molecular weight excluding hydrogens is 222 g/mol. The molecule has 2 rings (SSSR count). The minimum Gasteiger partial charge on any atom is -0.349 e. The summed E-state index contributed by atoms with van der Waals surface area (Å²) < 4.78 is 0. The van der Waals surface area contributed by atoms with Gasteiger partial charge in [-0.3, -0.25) is 4.79 Å². The number of nitrogens with one attached hydrogen (secondary N) is 2. The van der Waals surface area contributed by atoms with E-state index in [-0.39, 0.29) is 5.91 Å². The van der Waals surface area contributed by atoms with Gasteiger partial charge in [-0.25, -0.2) is 4.98 Å². The molecule has 1 fully saturated rings. The summed E-state index contributed by atoms with van der Waals surface area (Å²) in [4.78, 5) is 15.7. The molecule has 0 saturated heterocycles. The van der Waals surface area contributed by atoms with Gasteiger partial charge in [-0.2, -0.15) is 0 Å².